The second kappa shape index (κ2) is 7.13. The van der Waals surface area contributed by atoms with E-state index in [1.165, 1.54) is 25.3 Å². The molecule has 25 heavy (non-hydrogen) atoms. The molecule has 0 aromatic heterocycles. The van der Waals surface area contributed by atoms with Crippen molar-refractivity contribution in [1.29, 1.82) is 0 Å². The van der Waals surface area contributed by atoms with Crippen molar-refractivity contribution in [3.05, 3.63) is 23.8 Å². The molecule has 0 bridgehead atoms. The molecule has 0 radical (unpaired) electrons. The van der Waals surface area contributed by atoms with E-state index >= 15 is 0 Å². The normalized spacial score (nSPS) is 20.8. The molecule has 1 heterocycles. The van der Waals surface area contributed by atoms with E-state index in [4.69, 9.17) is 9.84 Å². The zero-order valence-corrected chi connectivity index (χ0v) is 14.2. The summed E-state index contributed by atoms with van der Waals surface area (Å²) in [6.07, 6.45) is 4.55. The lowest BCUT2D eigenvalue weighted by atomic mass is 10.1. The molecule has 1 aromatic carbocycles. The van der Waals surface area contributed by atoms with Crippen molar-refractivity contribution in [3.8, 4) is 5.75 Å². The Bertz CT molecular complexity index is 697. The maximum absolute atomic E-state index is 12.5. The molecule has 1 saturated carbocycles. The van der Waals surface area contributed by atoms with Gasteiger partial charge in [0.25, 0.3) is 0 Å². The number of methoxy groups -OCH3 is 1. The summed E-state index contributed by atoms with van der Waals surface area (Å²) < 4.78 is 5.06. The SMILES string of the molecule is COc1cc(NC(=O)[C@H]2CC(=O)N(C3CCCC3)C2)ccc1C(=O)O. The van der Waals surface area contributed by atoms with Crippen molar-refractivity contribution in [2.75, 3.05) is 19.0 Å². The lowest BCUT2D eigenvalue weighted by Crippen LogP contribution is -2.35. The molecule has 1 aliphatic carbocycles. The van der Waals surface area contributed by atoms with Crippen LogP contribution >= 0.6 is 0 Å². The number of carbonyl (C=O) groups excluding carboxylic acids is 2. The number of hydrogen-bond donors (Lipinski definition) is 2. The van der Waals surface area contributed by atoms with Gasteiger partial charge >= 0.3 is 5.97 Å². The van der Waals surface area contributed by atoms with Gasteiger partial charge in [-0.2, -0.15) is 0 Å². The number of benzene rings is 1. The standard InChI is InChI=1S/C18H22N2O5/c1-25-15-9-12(6-7-14(15)18(23)24)19-17(22)11-8-16(21)20(10-11)13-4-2-3-5-13/h6-7,9,11,13H,2-5,8,10H2,1H3,(H,19,22)(H,23,24)/t11-/m0/s1. The van der Waals surface area contributed by atoms with Gasteiger partial charge in [-0.15, -0.1) is 0 Å². The van der Waals surface area contributed by atoms with Gasteiger partial charge in [0.1, 0.15) is 11.3 Å². The average Bonchev–Trinajstić information content (AvgIpc) is 3.23. The van der Waals surface area contributed by atoms with Crippen LogP contribution < -0.4 is 10.1 Å². The van der Waals surface area contributed by atoms with Gasteiger partial charge in [-0.05, 0) is 25.0 Å². The number of hydrogen-bond acceptors (Lipinski definition) is 4. The minimum atomic E-state index is -1.09. The second-order valence-electron chi connectivity index (χ2n) is 6.59. The largest absolute Gasteiger partial charge is 0.496 e. The van der Waals surface area contributed by atoms with Crippen LogP contribution in [0.1, 0.15) is 42.5 Å². The molecule has 0 spiro atoms. The Balaban J connectivity index is 1.66. The van der Waals surface area contributed by atoms with E-state index in [9.17, 15) is 14.4 Å². The fourth-order valence-electron chi connectivity index (χ4n) is 3.67. The van der Waals surface area contributed by atoms with Gasteiger partial charge in [-0.3, -0.25) is 9.59 Å². The highest BCUT2D eigenvalue weighted by molar-refractivity contribution is 5.98. The fraction of sp³-hybridized carbons (Fsp3) is 0.500. The van der Waals surface area contributed by atoms with Crippen LogP contribution in [0.5, 0.6) is 5.75 Å². The van der Waals surface area contributed by atoms with Gasteiger partial charge in [0, 0.05) is 30.8 Å². The maximum atomic E-state index is 12.5. The van der Waals surface area contributed by atoms with E-state index in [2.05, 4.69) is 5.32 Å². The number of carboxylic acids is 1. The van der Waals surface area contributed by atoms with Crippen LogP contribution in [-0.2, 0) is 9.59 Å². The quantitative estimate of drug-likeness (QED) is 0.851. The van der Waals surface area contributed by atoms with E-state index in [1.54, 1.807) is 0 Å². The van der Waals surface area contributed by atoms with Gasteiger partial charge in [0.05, 0.1) is 13.0 Å². The molecule has 134 valence electrons. The van der Waals surface area contributed by atoms with Gasteiger partial charge in [0.15, 0.2) is 0 Å². The molecule has 3 rings (SSSR count). The number of nitrogens with zero attached hydrogens (tertiary/aromatic N) is 1. The molecule has 0 unspecified atom stereocenters. The first-order chi connectivity index (χ1) is 12.0. The first kappa shape index (κ1) is 17.3. The fourth-order valence-corrected chi connectivity index (χ4v) is 3.67. The Morgan fingerprint density at radius 1 is 1.28 bits per heavy atom. The Morgan fingerprint density at radius 2 is 2.00 bits per heavy atom. The molecule has 2 N–H and O–H groups in total. The molecule has 1 aliphatic heterocycles. The number of nitrogens with one attached hydrogen (secondary N) is 1. The molecule has 1 aromatic rings. The predicted octanol–water partition coefficient (Wildman–Crippen LogP) is 2.12. The molecule has 2 fully saturated rings. The number of carboxylic acid groups (broad SMARTS) is 1. The van der Waals surface area contributed by atoms with Crippen molar-refractivity contribution in [2.45, 2.75) is 38.1 Å². The monoisotopic (exact) mass is 346 g/mol. The molecule has 2 aliphatic rings. The summed E-state index contributed by atoms with van der Waals surface area (Å²) >= 11 is 0. The van der Waals surface area contributed by atoms with Crippen LogP contribution in [0, 0.1) is 5.92 Å². The number of rotatable bonds is 5. The highest BCUT2D eigenvalue weighted by atomic mass is 16.5. The predicted molar refractivity (Wildman–Crippen MR) is 90.7 cm³/mol. The van der Waals surface area contributed by atoms with Crippen molar-refractivity contribution >= 4 is 23.5 Å². The van der Waals surface area contributed by atoms with E-state index in [1.807, 2.05) is 4.90 Å². The third-order valence-corrected chi connectivity index (χ3v) is 4.99. The maximum Gasteiger partial charge on any atom is 0.339 e. The number of ether oxygens (including phenoxy) is 1. The average molecular weight is 346 g/mol. The summed E-state index contributed by atoms with van der Waals surface area (Å²) in [7, 11) is 1.38. The third-order valence-electron chi connectivity index (χ3n) is 4.99. The number of aromatic carboxylic acids is 1. The van der Waals surface area contributed by atoms with Gasteiger partial charge in [-0.1, -0.05) is 12.8 Å². The summed E-state index contributed by atoms with van der Waals surface area (Å²) in [5.41, 5.74) is 0.488. The van der Waals surface area contributed by atoms with Crippen LogP contribution in [0.25, 0.3) is 0 Å². The number of carbonyl (C=O) groups is 3. The molecule has 7 nitrogen and oxygen atoms in total. The summed E-state index contributed by atoms with van der Waals surface area (Å²) in [6.45, 7) is 0.458. The zero-order chi connectivity index (χ0) is 18.0. The van der Waals surface area contributed by atoms with E-state index in [0.717, 1.165) is 25.7 Å². The smallest absolute Gasteiger partial charge is 0.339 e. The van der Waals surface area contributed by atoms with Crippen molar-refractivity contribution in [3.63, 3.8) is 0 Å². The number of anilines is 1. The third kappa shape index (κ3) is 3.60. The van der Waals surface area contributed by atoms with Crippen LogP contribution in [0.3, 0.4) is 0 Å². The molecular weight excluding hydrogens is 324 g/mol. The topological polar surface area (TPSA) is 95.9 Å². The van der Waals surface area contributed by atoms with Gasteiger partial charge in [-0.25, -0.2) is 4.79 Å². The summed E-state index contributed by atoms with van der Waals surface area (Å²) in [4.78, 5) is 37.7. The Kier molecular flexibility index (Phi) is 4.92. The molecular formula is C18H22N2O5. The molecule has 1 atom stereocenters. The molecule has 2 amide bonds. The first-order valence-electron chi connectivity index (χ1n) is 8.51. The highest BCUT2D eigenvalue weighted by Gasteiger charge is 2.38. The van der Waals surface area contributed by atoms with E-state index < -0.39 is 5.97 Å². The van der Waals surface area contributed by atoms with Crippen LogP contribution in [-0.4, -0.2) is 47.5 Å². The van der Waals surface area contributed by atoms with Gasteiger partial charge in [0.2, 0.25) is 11.8 Å². The number of likely N-dealkylation sites (tertiary alicyclic amines) is 1. The van der Waals surface area contributed by atoms with Crippen LogP contribution in [0.2, 0.25) is 0 Å². The Labute approximate surface area is 146 Å². The lowest BCUT2D eigenvalue weighted by Gasteiger charge is -2.23. The van der Waals surface area contributed by atoms with Crippen molar-refractivity contribution < 1.29 is 24.2 Å². The minimum absolute atomic E-state index is 0.0314. The van der Waals surface area contributed by atoms with Crippen molar-refractivity contribution in [1.82, 2.24) is 4.90 Å². The first-order valence-corrected chi connectivity index (χ1v) is 8.51. The van der Waals surface area contributed by atoms with Crippen molar-refractivity contribution in [2.24, 2.45) is 5.92 Å². The summed E-state index contributed by atoms with van der Waals surface area (Å²) in [6, 6.07) is 4.67. The Morgan fingerprint density at radius 3 is 2.64 bits per heavy atom. The lowest BCUT2D eigenvalue weighted by molar-refractivity contribution is -0.129. The Hall–Kier alpha value is -2.57. The molecule has 7 heteroatoms. The van der Waals surface area contributed by atoms with Crippen LogP contribution in [0.15, 0.2) is 18.2 Å². The highest BCUT2D eigenvalue weighted by Crippen LogP contribution is 2.30. The van der Waals surface area contributed by atoms with E-state index in [-0.39, 0.29) is 41.5 Å². The summed E-state index contributed by atoms with van der Waals surface area (Å²) in [5, 5.41) is 11.9. The molecule has 1 saturated heterocycles. The summed E-state index contributed by atoms with van der Waals surface area (Å²) in [5.74, 6) is -1.47. The van der Waals surface area contributed by atoms with Crippen LogP contribution in [0.4, 0.5) is 5.69 Å². The minimum Gasteiger partial charge on any atom is -0.496 e. The van der Waals surface area contributed by atoms with Gasteiger partial charge < -0.3 is 20.1 Å². The number of amides is 2. The zero-order valence-electron chi connectivity index (χ0n) is 14.2. The second-order valence-corrected chi connectivity index (χ2v) is 6.59. The van der Waals surface area contributed by atoms with E-state index in [0.29, 0.717) is 12.2 Å².